The second-order valence-corrected chi connectivity index (χ2v) is 7.57. The molecule has 0 atom stereocenters. The van der Waals surface area contributed by atoms with Gasteiger partial charge >= 0.3 is 0 Å². The predicted octanol–water partition coefficient (Wildman–Crippen LogP) is 5.89. The Kier molecular flexibility index (Phi) is 3.78. The minimum Gasteiger partial charge on any atom is -0.351 e. The summed E-state index contributed by atoms with van der Waals surface area (Å²) >= 11 is 0. The Morgan fingerprint density at radius 1 is 0.556 bits per heavy atom. The lowest BCUT2D eigenvalue weighted by atomic mass is 10.0. The minimum atomic E-state index is 0.934. The normalized spacial score (nSPS) is 14.4. The Labute approximate surface area is 160 Å². The van der Waals surface area contributed by atoms with Crippen molar-refractivity contribution in [2.24, 2.45) is 0 Å². The molecule has 134 valence electrons. The molecule has 0 aromatic heterocycles. The lowest BCUT2D eigenvalue weighted by molar-refractivity contribution is 0.948. The van der Waals surface area contributed by atoms with Crippen LogP contribution in [0.1, 0.15) is 11.1 Å². The van der Waals surface area contributed by atoms with E-state index in [2.05, 4.69) is 96.4 Å². The highest BCUT2D eigenvalue weighted by Gasteiger charge is 2.25. The fraction of sp³-hybridized carbons (Fsp3) is 0.200. The van der Waals surface area contributed by atoms with Crippen molar-refractivity contribution < 1.29 is 0 Å². The van der Waals surface area contributed by atoms with Crippen molar-refractivity contribution in [3.63, 3.8) is 0 Å². The molecule has 2 nitrogen and oxygen atoms in total. The van der Waals surface area contributed by atoms with E-state index in [0.717, 1.165) is 19.8 Å². The molecule has 1 aliphatic heterocycles. The number of hydrogen-bond acceptors (Lipinski definition) is 2. The maximum atomic E-state index is 2.54. The van der Waals surface area contributed by atoms with Gasteiger partial charge in [-0.05, 0) is 35.7 Å². The van der Waals surface area contributed by atoms with E-state index >= 15 is 0 Å². The molecular formula is C25H24N2. The zero-order chi connectivity index (χ0) is 18.4. The maximum Gasteiger partial charge on any atom is 0.0904 e. The Balaban J connectivity index is 1.57. The van der Waals surface area contributed by atoms with Gasteiger partial charge in [0, 0.05) is 35.2 Å². The second-order valence-electron chi connectivity index (χ2n) is 7.57. The van der Waals surface area contributed by atoms with Crippen LogP contribution >= 0.6 is 0 Å². The van der Waals surface area contributed by atoms with Crippen LogP contribution in [-0.4, -0.2) is 19.8 Å². The highest BCUT2D eigenvalue weighted by molar-refractivity contribution is 5.98. The van der Waals surface area contributed by atoms with Gasteiger partial charge in [-0.2, -0.15) is 0 Å². The summed E-state index contributed by atoms with van der Waals surface area (Å²) in [5.74, 6) is 0. The van der Waals surface area contributed by atoms with E-state index < -0.39 is 0 Å². The SMILES string of the molecule is Cc1ccc2ccccc2c1N1CCN(c2c(C)ccc3ccccc23)C1. The maximum absolute atomic E-state index is 2.54. The standard InChI is InChI=1S/C25H24N2/c1-18-11-13-20-7-3-5-9-22(20)24(18)26-15-16-27(17-26)25-19(2)12-14-21-8-4-6-10-23(21)25/h3-14H,15-17H2,1-2H3. The van der Waals surface area contributed by atoms with Gasteiger partial charge in [0.1, 0.15) is 0 Å². The molecule has 5 rings (SSSR count). The molecule has 1 heterocycles. The van der Waals surface area contributed by atoms with Gasteiger partial charge in [0.05, 0.1) is 6.67 Å². The van der Waals surface area contributed by atoms with Crippen molar-refractivity contribution in [2.45, 2.75) is 13.8 Å². The Morgan fingerprint density at radius 2 is 1.00 bits per heavy atom. The molecule has 0 amide bonds. The number of rotatable bonds is 2. The van der Waals surface area contributed by atoms with Crippen LogP contribution in [0.5, 0.6) is 0 Å². The number of benzene rings is 4. The molecule has 1 fully saturated rings. The summed E-state index contributed by atoms with van der Waals surface area (Å²) in [6.07, 6.45) is 0. The first-order valence-corrected chi connectivity index (χ1v) is 9.69. The Hall–Kier alpha value is -3.00. The third kappa shape index (κ3) is 2.64. The molecular weight excluding hydrogens is 328 g/mol. The van der Waals surface area contributed by atoms with Gasteiger partial charge in [0.15, 0.2) is 0 Å². The minimum absolute atomic E-state index is 0.934. The van der Waals surface area contributed by atoms with E-state index in [-0.39, 0.29) is 0 Å². The quantitative estimate of drug-likeness (QED) is 0.443. The molecule has 2 heteroatoms. The van der Waals surface area contributed by atoms with E-state index in [1.807, 2.05) is 0 Å². The molecule has 4 aromatic rings. The van der Waals surface area contributed by atoms with E-state index in [1.54, 1.807) is 0 Å². The molecule has 27 heavy (non-hydrogen) atoms. The second kappa shape index (κ2) is 6.31. The smallest absolute Gasteiger partial charge is 0.0904 e. The molecule has 0 unspecified atom stereocenters. The van der Waals surface area contributed by atoms with Crippen LogP contribution < -0.4 is 9.80 Å². The molecule has 0 radical (unpaired) electrons. The molecule has 4 aromatic carbocycles. The van der Waals surface area contributed by atoms with Gasteiger partial charge in [-0.1, -0.05) is 72.8 Å². The van der Waals surface area contributed by atoms with Crippen LogP contribution in [0, 0.1) is 13.8 Å². The summed E-state index contributed by atoms with van der Waals surface area (Å²) in [5.41, 5.74) is 5.47. The third-order valence-electron chi connectivity index (χ3n) is 5.82. The van der Waals surface area contributed by atoms with Gasteiger partial charge in [0.25, 0.3) is 0 Å². The lowest BCUT2D eigenvalue weighted by Gasteiger charge is -2.26. The summed E-state index contributed by atoms with van der Waals surface area (Å²) in [7, 11) is 0. The lowest BCUT2D eigenvalue weighted by Crippen LogP contribution is -2.26. The van der Waals surface area contributed by atoms with Gasteiger partial charge in [-0.15, -0.1) is 0 Å². The topological polar surface area (TPSA) is 6.48 Å². The summed E-state index contributed by atoms with van der Waals surface area (Å²) < 4.78 is 0. The third-order valence-corrected chi connectivity index (χ3v) is 5.82. The van der Waals surface area contributed by atoms with Crippen molar-refractivity contribution in [1.29, 1.82) is 0 Å². The van der Waals surface area contributed by atoms with E-state index in [9.17, 15) is 0 Å². The van der Waals surface area contributed by atoms with Crippen molar-refractivity contribution >= 4 is 32.9 Å². The van der Waals surface area contributed by atoms with Gasteiger partial charge in [-0.3, -0.25) is 0 Å². The highest BCUT2D eigenvalue weighted by Crippen LogP contribution is 2.36. The Bertz CT molecular complexity index is 1050. The fourth-order valence-corrected chi connectivity index (χ4v) is 4.52. The van der Waals surface area contributed by atoms with Crippen LogP contribution in [0.15, 0.2) is 72.8 Å². The van der Waals surface area contributed by atoms with Crippen LogP contribution in [0.4, 0.5) is 11.4 Å². The Morgan fingerprint density at radius 3 is 1.48 bits per heavy atom. The fourth-order valence-electron chi connectivity index (χ4n) is 4.52. The number of hydrogen-bond donors (Lipinski definition) is 0. The van der Waals surface area contributed by atoms with Crippen LogP contribution in [0.25, 0.3) is 21.5 Å². The van der Waals surface area contributed by atoms with Crippen molar-refractivity contribution in [2.75, 3.05) is 29.6 Å². The van der Waals surface area contributed by atoms with Crippen molar-refractivity contribution in [1.82, 2.24) is 0 Å². The molecule has 1 aliphatic rings. The molecule has 0 bridgehead atoms. The first-order chi connectivity index (χ1) is 13.2. The largest absolute Gasteiger partial charge is 0.351 e. The van der Waals surface area contributed by atoms with Gasteiger partial charge in [0.2, 0.25) is 0 Å². The summed E-state index contributed by atoms with van der Waals surface area (Å²) in [5, 5.41) is 5.35. The molecule has 0 saturated carbocycles. The van der Waals surface area contributed by atoms with Crippen molar-refractivity contribution in [3.05, 3.63) is 83.9 Å². The van der Waals surface area contributed by atoms with Crippen molar-refractivity contribution in [3.8, 4) is 0 Å². The van der Waals surface area contributed by atoms with Crippen LogP contribution in [-0.2, 0) is 0 Å². The predicted molar refractivity (Wildman–Crippen MR) is 117 cm³/mol. The van der Waals surface area contributed by atoms with E-state index in [0.29, 0.717) is 0 Å². The summed E-state index contributed by atoms with van der Waals surface area (Å²) in [6.45, 7) is 7.50. The summed E-state index contributed by atoms with van der Waals surface area (Å²) in [4.78, 5) is 5.08. The first-order valence-electron chi connectivity index (χ1n) is 9.69. The first kappa shape index (κ1) is 16.2. The molecule has 0 spiro atoms. The van der Waals surface area contributed by atoms with Gasteiger partial charge < -0.3 is 9.80 Å². The molecule has 0 N–H and O–H groups in total. The monoisotopic (exact) mass is 352 g/mol. The zero-order valence-corrected chi connectivity index (χ0v) is 15.9. The van der Waals surface area contributed by atoms with Crippen LogP contribution in [0.2, 0.25) is 0 Å². The van der Waals surface area contributed by atoms with E-state index in [4.69, 9.17) is 0 Å². The average molecular weight is 352 g/mol. The number of fused-ring (bicyclic) bond motifs is 2. The average Bonchev–Trinajstić information content (AvgIpc) is 3.16. The van der Waals surface area contributed by atoms with Gasteiger partial charge in [-0.25, -0.2) is 0 Å². The zero-order valence-electron chi connectivity index (χ0n) is 15.9. The highest BCUT2D eigenvalue weighted by atomic mass is 15.4. The van der Waals surface area contributed by atoms with Crippen LogP contribution in [0.3, 0.4) is 0 Å². The number of nitrogens with zero attached hydrogens (tertiary/aromatic N) is 2. The molecule has 0 aliphatic carbocycles. The number of aryl methyl sites for hydroxylation is 2. The summed E-state index contributed by atoms with van der Waals surface area (Å²) in [6, 6.07) is 26.4. The van der Waals surface area contributed by atoms with E-state index in [1.165, 1.54) is 44.0 Å². The molecule has 1 saturated heterocycles. The number of anilines is 2.